The zero-order chi connectivity index (χ0) is 14.7. The number of hydrogen-bond acceptors (Lipinski definition) is 3. The first-order valence-electron chi connectivity index (χ1n) is 7.96. The molecule has 0 bridgehead atoms. The third-order valence-electron chi connectivity index (χ3n) is 4.41. The summed E-state index contributed by atoms with van der Waals surface area (Å²) in [6, 6.07) is 10.6. The van der Waals surface area contributed by atoms with Gasteiger partial charge in [0.2, 0.25) is 0 Å². The van der Waals surface area contributed by atoms with Crippen molar-refractivity contribution in [2.75, 3.05) is 12.4 Å². The van der Waals surface area contributed by atoms with Crippen molar-refractivity contribution in [3.63, 3.8) is 0 Å². The van der Waals surface area contributed by atoms with Crippen molar-refractivity contribution in [1.82, 2.24) is 9.97 Å². The Labute approximate surface area is 126 Å². The molecule has 2 aromatic rings. The molecule has 0 spiro atoms. The van der Waals surface area contributed by atoms with Crippen LogP contribution in [-0.4, -0.2) is 17.0 Å². The van der Waals surface area contributed by atoms with Crippen molar-refractivity contribution in [2.24, 2.45) is 0 Å². The minimum Gasteiger partial charge on any atom is -0.373 e. The Morgan fingerprint density at radius 1 is 1.14 bits per heavy atom. The SMILES string of the molecule is CCc1ccccc1-c1nc(NC)cc(C2CCCC2)n1. The monoisotopic (exact) mass is 281 g/mol. The van der Waals surface area contributed by atoms with Gasteiger partial charge in [0.05, 0.1) is 0 Å². The van der Waals surface area contributed by atoms with Crippen LogP contribution in [0.5, 0.6) is 0 Å². The lowest BCUT2D eigenvalue weighted by molar-refractivity contribution is 0.695. The van der Waals surface area contributed by atoms with Crippen LogP contribution in [0.4, 0.5) is 5.82 Å². The molecule has 0 radical (unpaired) electrons. The van der Waals surface area contributed by atoms with Crippen molar-refractivity contribution >= 4 is 5.82 Å². The van der Waals surface area contributed by atoms with Gasteiger partial charge in [0.25, 0.3) is 0 Å². The van der Waals surface area contributed by atoms with E-state index in [4.69, 9.17) is 4.98 Å². The fourth-order valence-corrected chi connectivity index (χ4v) is 3.19. The van der Waals surface area contributed by atoms with Gasteiger partial charge in [-0.05, 0) is 24.8 Å². The normalized spacial score (nSPS) is 15.3. The first kappa shape index (κ1) is 14.1. The van der Waals surface area contributed by atoms with Gasteiger partial charge in [-0.15, -0.1) is 0 Å². The summed E-state index contributed by atoms with van der Waals surface area (Å²) in [6.07, 6.45) is 6.17. The van der Waals surface area contributed by atoms with Crippen molar-refractivity contribution in [3.05, 3.63) is 41.6 Å². The molecule has 0 unspecified atom stereocenters. The molecule has 0 aliphatic heterocycles. The highest BCUT2D eigenvalue weighted by Crippen LogP contribution is 2.35. The predicted octanol–water partition coefficient (Wildman–Crippen LogP) is 4.41. The van der Waals surface area contributed by atoms with Gasteiger partial charge in [0.15, 0.2) is 5.82 Å². The summed E-state index contributed by atoms with van der Waals surface area (Å²) >= 11 is 0. The fraction of sp³-hybridized carbons (Fsp3) is 0.444. The molecule has 21 heavy (non-hydrogen) atoms. The van der Waals surface area contributed by atoms with E-state index in [1.54, 1.807) is 0 Å². The summed E-state index contributed by atoms with van der Waals surface area (Å²) < 4.78 is 0. The van der Waals surface area contributed by atoms with Crippen LogP contribution in [-0.2, 0) is 6.42 Å². The average molecular weight is 281 g/mol. The van der Waals surface area contributed by atoms with Gasteiger partial charge in [0, 0.05) is 30.3 Å². The second-order valence-corrected chi connectivity index (χ2v) is 5.74. The van der Waals surface area contributed by atoms with Gasteiger partial charge < -0.3 is 5.32 Å². The fourth-order valence-electron chi connectivity index (χ4n) is 3.19. The highest BCUT2D eigenvalue weighted by molar-refractivity contribution is 5.62. The molecule has 3 heteroatoms. The average Bonchev–Trinajstić information content (AvgIpc) is 3.09. The van der Waals surface area contributed by atoms with E-state index >= 15 is 0 Å². The third kappa shape index (κ3) is 2.92. The van der Waals surface area contributed by atoms with Crippen LogP contribution in [0.2, 0.25) is 0 Å². The topological polar surface area (TPSA) is 37.8 Å². The van der Waals surface area contributed by atoms with Gasteiger partial charge in [-0.2, -0.15) is 0 Å². The quantitative estimate of drug-likeness (QED) is 0.902. The van der Waals surface area contributed by atoms with Crippen molar-refractivity contribution in [3.8, 4) is 11.4 Å². The number of benzene rings is 1. The van der Waals surface area contributed by atoms with E-state index in [2.05, 4.69) is 47.6 Å². The van der Waals surface area contributed by atoms with E-state index < -0.39 is 0 Å². The Bertz CT molecular complexity index is 616. The number of nitrogens with one attached hydrogen (secondary N) is 1. The lowest BCUT2D eigenvalue weighted by atomic mass is 10.0. The molecule has 1 heterocycles. The number of nitrogens with zero attached hydrogens (tertiary/aromatic N) is 2. The molecular weight excluding hydrogens is 258 g/mol. The van der Waals surface area contributed by atoms with Gasteiger partial charge in [-0.3, -0.25) is 0 Å². The Morgan fingerprint density at radius 3 is 2.62 bits per heavy atom. The zero-order valence-electron chi connectivity index (χ0n) is 12.9. The molecule has 1 aromatic heterocycles. The molecule has 1 aromatic carbocycles. The standard InChI is InChI=1S/C18H23N3/c1-3-13-8-6-7-11-15(13)18-20-16(12-17(19-2)21-18)14-9-4-5-10-14/h6-8,11-12,14H,3-5,9-10H2,1-2H3,(H,19,20,21). The van der Waals surface area contributed by atoms with Crippen LogP contribution in [0.3, 0.4) is 0 Å². The number of anilines is 1. The van der Waals surface area contributed by atoms with E-state index in [0.717, 1.165) is 23.6 Å². The van der Waals surface area contributed by atoms with Crippen LogP contribution in [0, 0.1) is 0 Å². The smallest absolute Gasteiger partial charge is 0.162 e. The van der Waals surface area contributed by atoms with Crippen LogP contribution in [0.25, 0.3) is 11.4 Å². The van der Waals surface area contributed by atoms with Crippen LogP contribution in [0.1, 0.15) is 49.8 Å². The zero-order valence-corrected chi connectivity index (χ0v) is 12.9. The van der Waals surface area contributed by atoms with Crippen LogP contribution < -0.4 is 5.32 Å². The lowest BCUT2D eigenvalue weighted by Crippen LogP contribution is -2.04. The molecule has 1 aliphatic rings. The molecule has 1 fully saturated rings. The highest BCUT2D eigenvalue weighted by atomic mass is 15.0. The molecule has 0 amide bonds. The number of hydrogen-bond donors (Lipinski definition) is 1. The summed E-state index contributed by atoms with van der Waals surface area (Å²) in [6.45, 7) is 2.18. The minimum absolute atomic E-state index is 0.604. The van der Waals surface area contributed by atoms with E-state index in [9.17, 15) is 0 Å². The van der Waals surface area contributed by atoms with E-state index in [1.807, 2.05) is 7.05 Å². The first-order chi connectivity index (χ1) is 10.3. The van der Waals surface area contributed by atoms with Crippen molar-refractivity contribution in [1.29, 1.82) is 0 Å². The summed E-state index contributed by atoms with van der Waals surface area (Å²) in [7, 11) is 1.93. The van der Waals surface area contributed by atoms with Crippen molar-refractivity contribution < 1.29 is 0 Å². The van der Waals surface area contributed by atoms with Gasteiger partial charge in [-0.1, -0.05) is 44.0 Å². The molecular formula is C18H23N3. The molecule has 3 nitrogen and oxygen atoms in total. The largest absolute Gasteiger partial charge is 0.373 e. The van der Waals surface area contributed by atoms with E-state index in [0.29, 0.717) is 5.92 Å². The minimum atomic E-state index is 0.604. The maximum Gasteiger partial charge on any atom is 0.162 e. The van der Waals surface area contributed by atoms with Crippen LogP contribution >= 0.6 is 0 Å². The maximum absolute atomic E-state index is 4.89. The van der Waals surface area contributed by atoms with Gasteiger partial charge >= 0.3 is 0 Å². The van der Waals surface area contributed by atoms with Crippen molar-refractivity contribution in [2.45, 2.75) is 44.9 Å². The first-order valence-corrected chi connectivity index (χ1v) is 7.96. The molecule has 1 saturated carbocycles. The van der Waals surface area contributed by atoms with Gasteiger partial charge in [-0.25, -0.2) is 9.97 Å². The van der Waals surface area contributed by atoms with E-state index in [1.165, 1.54) is 36.9 Å². The molecule has 110 valence electrons. The number of aryl methyl sites for hydroxylation is 1. The predicted molar refractivity (Wildman–Crippen MR) is 87.6 cm³/mol. The molecule has 1 aliphatic carbocycles. The summed E-state index contributed by atoms with van der Waals surface area (Å²) in [4.78, 5) is 9.57. The lowest BCUT2D eigenvalue weighted by Gasteiger charge is -2.14. The molecule has 0 atom stereocenters. The summed E-state index contributed by atoms with van der Waals surface area (Å²) in [5.74, 6) is 2.39. The summed E-state index contributed by atoms with van der Waals surface area (Å²) in [5, 5.41) is 3.19. The molecule has 1 N–H and O–H groups in total. The second kappa shape index (κ2) is 6.25. The molecule has 0 saturated heterocycles. The Kier molecular flexibility index (Phi) is 4.18. The number of aromatic nitrogens is 2. The Hall–Kier alpha value is -1.90. The molecule has 3 rings (SSSR count). The van der Waals surface area contributed by atoms with E-state index in [-0.39, 0.29) is 0 Å². The Morgan fingerprint density at radius 2 is 1.90 bits per heavy atom. The number of rotatable bonds is 4. The summed E-state index contributed by atoms with van der Waals surface area (Å²) in [5.41, 5.74) is 3.67. The Balaban J connectivity index is 2.06. The third-order valence-corrected chi connectivity index (χ3v) is 4.41. The maximum atomic E-state index is 4.89. The van der Waals surface area contributed by atoms with Gasteiger partial charge in [0.1, 0.15) is 5.82 Å². The van der Waals surface area contributed by atoms with Crippen LogP contribution in [0.15, 0.2) is 30.3 Å². The second-order valence-electron chi connectivity index (χ2n) is 5.74. The highest BCUT2D eigenvalue weighted by Gasteiger charge is 2.20.